The largest absolute Gasteiger partial charge is 0.491 e. The van der Waals surface area contributed by atoms with Crippen molar-refractivity contribution in [2.24, 2.45) is 0 Å². The molecule has 0 aromatic heterocycles. The van der Waals surface area contributed by atoms with E-state index in [4.69, 9.17) is 9.84 Å². The summed E-state index contributed by atoms with van der Waals surface area (Å²) in [6.45, 7) is -0.0213. The van der Waals surface area contributed by atoms with Gasteiger partial charge in [-0.25, -0.2) is 17.6 Å². The van der Waals surface area contributed by atoms with E-state index in [2.05, 4.69) is 10.0 Å². The molecule has 0 aliphatic rings. The van der Waals surface area contributed by atoms with Crippen molar-refractivity contribution in [3.05, 3.63) is 48.3 Å². The fraction of sp³-hybridized carbons (Fsp3) is 0.263. The quantitative estimate of drug-likeness (QED) is 0.516. The molecule has 0 aliphatic carbocycles. The summed E-state index contributed by atoms with van der Waals surface area (Å²) < 4.78 is 47.1. The number of para-hydroxylation sites is 2. The Morgan fingerprint density at radius 3 is 2.40 bits per heavy atom. The molecule has 0 unspecified atom stereocenters. The number of rotatable bonds is 9. The highest BCUT2D eigenvalue weighted by Crippen LogP contribution is 2.27. The highest BCUT2D eigenvalue weighted by atomic mass is 32.2. The Labute approximate surface area is 173 Å². The molecule has 3 N–H and O–H groups in total. The first-order valence-electron chi connectivity index (χ1n) is 8.84. The van der Waals surface area contributed by atoms with E-state index in [0.717, 1.165) is 12.1 Å². The van der Waals surface area contributed by atoms with Gasteiger partial charge in [-0.2, -0.15) is 0 Å². The number of amides is 2. The standard InChI is InChI=1S/C19H22FN3O6S/c1-23(2)19(26)21-15-6-3-4-7-16(15)22-30(27,28)13-9-10-17(14(20)12-13)29-11-5-8-18(24)25/h3-4,6-7,9-10,12,22H,5,8,11H2,1-2H3,(H,21,26)(H,24,25). The number of hydrogen-bond acceptors (Lipinski definition) is 5. The van der Waals surface area contributed by atoms with Crippen LogP contribution in [0.1, 0.15) is 12.8 Å². The van der Waals surface area contributed by atoms with Crippen LogP contribution in [0.2, 0.25) is 0 Å². The Kier molecular flexibility index (Phi) is 7.59. The van der Waals surface area contributed by atoms with Crippen molar-refractivity contribution in [3.63, 3.8) is 0 Å². The molecule has 0 atom stereocenters. The smallest absolute Gasteiger partial charge is 0.321 e. The zero-order chi connectivity index (χ0) is 22.3. The molecule has 0 radical (unpaired) electrons. The third-order valence-corrected chi connectivity index (χ3v) is 5.19. The molecule has 9 nitrogen and oxygen atoms in total. The molecule has 0 aliphatic heterocycles. The molecular formula is C19H22FN3O6S. The van der Waals surface area contributed by atoms with E-state index >= 15 is 0 Å². The van der Waals surface area contributed by atoms with E-state index in [9.17, 15) is 22.4 Å². The van der Waals surface area contributed by atoms with E-state index < -0.39 is 27.8 Å². The third kappa shape index (κ3) is 6.34. The van der Waals surface area contributed by atoms with E-state index in [1.807, 2.05) is 0 Å². The van der Waals surface area contributed by atoms with Crippen LogP contribution >= 0.6 is 0 Å². The van der Waals surface area contributed by atoms with E-state index in [1.165, 1.54) is 37.2 Å². The van der Waals surface area contributed by atoms with E-state index in [-0.39, 0.29) is 41.5 Å². The van der Waals surface area contributed by atoms with Gasteiger partial charge in [-0.05, 0) is 36.8 Å². The second-order valence-corrected chi connectivity index (χ2v) is 8.10. The van der Waals surface area contributed by atoms with Crippen LogP contribution in [0.3, 0.4) is 0 Å². The first-order chi connectivity index (χ1) is 14.1. The lowest BCUT2D eigenvalue weighted by Crippen LogP contribution is -2.28. The van der Waals surface area contributed by atoms with Crippen molar-refractivity contribution in [1.29, 1.82) is 0 Å². The number of ether oxygens (including phenoxy) is 1. The van der Waals surface area contributed by atoms with Crippen LogP contribution in [-0.2, 0) is 14.8 Å². The van der Waals surface area contributed by atoms with Crippen molar-refractivity contribution in [1.82, 2.24) is 4.90 Å². The van der Waals surface area contributed by atoms with Crippen LogP contribution in [-0.4, -0.2) is 51.1 Å². The maximum Gasteiger partial charge on any atom is 0.321 e. The molecular weight excluding hydrogens is 417 g/mol. The van der Waals surface area contributed by atoms with Gasteiger partial charge in [-0.1, -0.05) is 12.1 Å². The number of urea groups is 1. The number of halogens is 1. The highest BCUT2D eigenvalue weighted by Gasteiger charge is 2.19. The second kappa shape index (κ2) is 9.92. The maximum atomic E-state index is 14.2. The summed E-state index contributed by atoms with van der Waals surface area (Å²) in [4.78, 5) is 23.3. The summed E-state index contributed by atoms with van der Waals surface area (Å²) in [6.07, 6.45) is 0.0631. The predicted octanol–water partition coefficient (Wildman–Crippen LogP) is 2.96. The number of hydrogen-bond donors (Lipinski definition) is 3. The van der Waals surface area contributed by atoms with Gasteiger partial charge in [0.25, 0.3) is 10.0 Å². The zero-order valence-electron chi connectivity index (χ0n) is 16.4. The summed E-state index contributed by atoms with van der Waals surface area (Å²) in [5, 5.41) is 11.1. The second-order valence-electron chi connectivity index (χ2n) is 6.41. The first-order valence-corrected chi connectivity index (χ1v) is 10.3. The molecule has 0 heterocycles. The fourth-order valence-corrected chi connectivity index (χ4v) is 3.37. The first kappa shape index (κ1) is 22.9. The van der Waals surface area contributed by atoms with E-state index in [0.29, 0.717) is 0 Å². The van der Waals surface area contributed by atoms with Crippen LogP contribution in [0.15, 0.2) is 47.4 Å². The summed E-state index contributed by atoms with van der Waals surface area (Å²) >= 11 is 0. The Balaban J connectivity index is 2.15. The third-order valence-electron chi connectivity index (χ3n) is 3.83. The van der Waals surface area contributed by atoms with Crippen molar-refractivity contribution >= 4 is 33.4 Å². The van der Waals surface area contributed by atoms with Crippen LogP contribution in [0.4, 0.5) is 20.6 Å². The molecule has 11 heteroatoms. The number of carbonyl (C=O) groups excluding carboxylic acids is 1. The Morgan fingerprint density at radius 1 is 1.13 bits per heavy atom. The number of nitrogens with one attached hydrogen (secondary N) is 2. The molecule has 2 amide bonds. The Morgan fingerprint density at radius 2 is 1.80 bits per heavy atom. The number of benzene rings is 2. The lowest BCUT2D eigenvalue weighted by Gasteiger charge is -2.16. The van der Waals surface area contributed by atoms with Crippen LogP contribution in [0.25, 0.3) is 0 Å². The average Bonchev–Trinajstić information content (AvgIpc) is 2.67. The number of sulfonamides is 1. The van der Waals surface area contributed by atoms with Crippen LogP contribution < -0.4 is 14.8 Å². The number of carboxylic acids is 1. The highest BCUT2D eigenvalue weighted by molar-refractivity contribution is 7.92. The van der Waals surface area contributed by atoms with Gasteiger partial charge >= 0.3 is 12.0 Å². The van der Waals surface area contributed by atoms with E-state index in [1.54, 1.807) is 12.1 Å². The number of carboxylic acid groups (broad SMARTS) is 1. The lowest BCUT2D eigenvalue weighted by atomic mass is 10.3. The van der Waals surface area contributed by atoms with Gasteiger partial charge in [-0.3, -0.25) is 9.52 Å². The number of aliphatic carboxylic acids is 1. The van der Waals surface area contributed by atoms with Gasteiger partial charge in [0.05, 0.1) is 22.9 Å². The van der Waals surface area contributed by atoms with Gasteiger partial charge in [0.15, 0.2) is 11.6 Å². The minimum absolute atomic E-state index is 0.0213. The predicted molar refractivity (Wildman–Crippen MR) is 109 cm³/mol. The summed E-state index contributed by atoms with van der Waals surface area (Å²) in [5.41, 5.74) is 0.348. The molecule has 2 aromatic rings. The summed E-state index contributed by atoms with van der Waals surface area (Å²) in [5.74, 6) is -2.07. The molecule has 162 valence electrons. The Bertz CT molecular complexity index is 1030. The minimum atomic E-state index is -4.16. The Hall–Kier alpha value is -3.34. The SMILES string of the molecule is CN(C)C(=O)Nc1ccccc1NS(=O)(=O)c1ccc(OCCCC(=O)O)c(F)c1. The van der Waals surface area contributed by atoms with Gasteiger partial charge in [0, 0.05) is 20.5 Å². The number of carbonyl (C=O) groups is 2. The molecule has 0 saturated heterocycles. The van der Waals surface area contributed by atoms with Crippen molar-refractivity contribution in [2.75, 3.05) is 30.7 Å². The van der Waals surface area contributed by atoms with Crippen molar-refractivity contribution < 1.29 is 32.2 Å². The van der Waals surface area contributed by atoms with Gasteiger partial charge in [0.1, 0.15) is 0 Å². The maximum absolute atomic E-state index is 14.2. The van der Waals surface area contributed by atoms with Crippen molar-refractivity contribution in [2.45, 2.75) is 17.7 Å². The molecule has 30 heavy (non-hydrogen) atoms. The van der Waals surface area contributed by atoms with Gasteiger partial charge in [0.2, 0.25) is 0 Å². The molecule has 0 fully saturated rings. The number of nitrogens with zero attached hydrogens (tertiary/aromatic N) is 1. The van der Waals surface area contributed by atoms with Gasteiger partial charge in [-0.15, -0.1) is 0 Å². The van der Waals surface area contributed by atoms with Crippen molar-refractivity contribution in [3.8, 4) is 5.75 Å². The zero-order valence-corrected chi connectivity index (χ0v) is 17.2. The average molecular weight is 439 g/mol. The normalized spacial score (nSPS) is 10.9. The number of anilines is 2. The fourth-order valence-electron chi connectivity index (χ4n) is 2.28. The molecule has 2 rings (SSSR count). The summed E-state index contributed by atoms with van der Waals surface area (Å²) in [7, 11) is -1.08. The monoisotopic (exact) mass is 439 g/mol. The van der Waals surface area contributed by atoms with Crippen LogP contribution in [0, 0.1) is 5.82 Å². The topological polar surface area (TPSA) is 125 Å². The minimum Gasteiger partial charge on any atom is -0.491 e. The molecule has 2 aromatic carbocycles. The molecule has 0 spiro atoms. The summed E-state index contributed by atoms with van der Waals surface area (Å²) in [6, 6.07) is 8.86. The molecule has 0 bridgehead atoms. The van der Waals surface area contributed by atoms with Crippen LogP contribution in [0.5, 0.6) is 5.75 Å². The molecule has 0 saturated carbocycles. The lowest BCUT2D eigenvalue weighted by molar-refractivity contribution is -0.137. The van der Waals surface area contributed by atoms with Gasteiger partial charge < -0.3 is 20.1 Å².